The lowest BCUT2D eigenvalue weighted by atomic mass is 10.4. The first kappa shape index (κ1) is 14.1. The van der Waals surface area contributed by atoms with Gasteiger partial charge in [0.05, 0.1) is 25.8 Å². The molecule has 0 aliphatic rings. The molecule has 0 aliphatic carbocycles. The Balaban J connectivity index is 2.62. The second-order valence-electron chi connectivity index (χ2n) is 3.59. The zero-order chi connectivity index (χ0) is 13.5. The lowest BCUT2D eigenvalue weighted by Gasteiger charge is -2.17. The summed E-state index contributed by atoms with van der Waals surface area (Å²) in [4.78, 5) is 22.0. The van der Waals surface area contributed by atoms with Crippen LogP contribution in [-0.4, -0.2) is 47.7 Å². The number of carboxylic acid groups (broad SMARTS) is 1. The van der Waals surface area contributed by atoms with Crippen LogP contribution in [0.4, 0.5) is 5.88 Å². The smallest absolute Gasteiger partial charge is 0.433 e. The van der Waals surface area contributed by atoms with Crippen molar-refractivity contribution in [2.24, 2.45) is 0 Å². The predicted molar refractivity (Wildman–Crippen MR) is 60.2 cm³/mol. The Morgan fingerprint density at radius 2 is 2.33 bits per heavy atom. The van der Waals surface area contributed by atoms with Gasteiger partial charge in [-0.2, -0.15) is 0 Å². The minimum atomic E-state index is -0.979. The van der Waals surface area contributed by atoms with E-state index in [4.69, 9.17) is 14.3 Å². The molecule has 0 saturated carbocycles. The third kappa shape index (κ3) is 4.52. The van der Waals surface area contributed by atoms with Gasteiger partial charge in [0.2, 0.25) is 0 Å². The maximum Gasteiger partial charge on any atom is 0.433 e. The minimum absolute atomic E-state index is 0.183. The zero-order valence-electron chi connectivity index (χ0n) is 9.87. The van der Waals surface area contributed by atoms with Crippen molar-refractivity contribution in [2.75, 3.05) is 26.8 Å². The Morgan fingerprint density at radius 3 is 2.83 bits per heavy atom. The maximum absolute atomic E-state index is 10.7. The van der Waals surface area contributed by atoms with Gasteiger partial charge in [-0.15, -0.1) is 0 Å². The van der Waals surface area contributed by atoms with Gasteiger partial charge < -0.3 is 14.3 Å². The number of methoxy groups -OCH3 is 1. The molecule has 100 valence electrons. The number of furan rings is 1. The molecule has 18 heavy (non-hydrogen) atoms. The third-order valence-electron chi connectivity index (χ3n) is 2.18. The van der Waals surface area contributed by atoms with Crippen molar-refractivity contribution in [1.82, 2.24) is 4.90 Å². The first-order valence-electron chi connectivity index (χ1n) is 5.19. The van der Waals surface area contributed by atoms with Crippen LogP contribution in [0, 0.1) is 10.1 Å². The minimum Gasteiger partial charge on any atom is -0.480 e. The van der Waals surface area contributed by atoms with Crippen molar-refractivity contribution in [3.8, 4) is 0 Å². The number of carboxylic acids is 1. The molecule has 1 heterocycles. The molecular weight excluding hydrogens is 244 g/mol. The molecular formula is C10H14N2O6. The lowest BCUT2D eigenvalue weighted by Crippen LogP contribution is -2.32. The van der Waals surface area contributed by atoms with E-state index in [1.54, 1.807) is 4.90 Å². The zero-order valence-corrected chi connectivity index (χ0v) is 9.87. The fourth-order valence-corrected chi connectivity index (χ4v) is 1.40. The first-order valence-corrected chi connectivity index (χ1v) is 5.19. The van der Waals surface area contributed by atoms with E-state index in [1.165, 1.54) is 19.2 Å². The summed E-state index contributed by atoms with van der Waals surface area (Å²) in [5.41, 5.74) is 0. The van der Waals surface area contributed by atoms with Crippen molar-refractivity contribution < 1.29 is 24.0 Å². The van der Waals surface area contributed by atoms with Gasteiger partial charge >= 0.3 is 11.9 Å². The molecule has 1 N–H and O–H groups in total. The van der Waals surface area contributed by atoms with Crippen LogP contribution in [0.15, 0.2) is 16.5 Å². The average molecular weight is 258 g/mol. The Labute approximate surface area is 103 Å². The second-order valence-corrected chi connectivity index (χ2v) is 3.59. The van der Waals surface area contributed by atoms with E-state index in [0.717, 1.165) is 0 Å². The fraction of sp³-hybridized carbons (Fsp3) is 0.500. The molecule has 0 unspecified atom stereocenters. The monoisotopic (exact) mass is 258 g/mol. The Morgan fingerprint density at radius 1 is 1.61 bits per heavy atom. The summed E-state index contributed by atoms with van der Waals surface area (Å²) in [5.74, 6) is -0.988. The SMILES string of the molecule is COCCN(CC(=O)O)Cc1ccc([N+](=O)[O-])o1. The van der Waals surface area contributed by atoms with Gasteiger partial charge in [0.15, 0.2) is 0 Å². The van der Waals surface area contributed by atoms with E-state index in [2.05, 4.69) is 0 Å². The molecule has 0 fully saturated rings. The fourth-order valence-electron chi connectivity index (χ4n) is 1.40. The lowest BCUT2D eigenvalue weighted by molar-refractivity contribution is -0.402. The third-order valence-corrected chi connectivity index (χ3v) is 2.18. The summed E-state index contributed by atoms with van der Waals surface area (Å²) in [7, 11) is 1.51. The number of hydrogen-bond donors (Lipinski definition) is 1. The molecule has 8 nitrogen and oxygen atoms in total. The van der Waals surface area contributed by atoms with E-state index in [1.807, 2.05) is 0 Å². The average Bonchev–Trinajstić information content (AvgIpc) is 2.73. The summed E-state index contributed by atoms with van der Waals surface area (Å²) < 4.78 is 9.82. The van der Waals surface area contributed by atoms with Crippen molar-refractivity contribution in [2.45, 2.75) is 6.54 Å². The molecule has 0 spiro atoms. The van der Waals surface area contributed by atoms with Crippen molar-refractivity contribution in [3.63, 3.8) is 0 Å². The molecule has 1 aromatic rings. The summed E-state index contributed by atoms with van der Waals surface area (Å²) in [6.07, 6.45) is 0. The van der Waals surface area contributed by atoms with Gasteiger partial charge in [0.25, 0.3) is 0 Å². The van der Waals surface area contributed by atoms with Gasteiger partial charge in [-0.05, 0) is 6.07 Å². The number of hydrogen-bond acceptors (Lipinski definition) is 6. The van der Waals surface area contributed by atoms with Crippen LogP contribution in [0.1, 0.15) is 5.76 Å². The molecule has 0 radical (unpaired) electrons. The molecule has 8 heteroatoms. The van der Waals surface area contributed by atoms with E-state index >= 15 is 0 Å². The van der Waals surface area contributed by atoms with Gasteiger partial charge in [-0.3, -0.25) is 19.8 Å². The molecule has 0 amide bonds. The Kier molecular flexibility index (Phi) is 5.28. The summed E-state index contributed by atoms with van der Waals surface area (Å²) in [6.45, 7) is 0.773. The number of nitro groups is 1. The molecule has 1 rings (SSSR count). The summed E-state index contributed by atoms with van der Waals surface area (Å²) in [5, 5.41) is 19.2. The van der Waals surface area contributed by atoms with Gasteiger partial charge in [-0.1, -0.05) is 0 Å². The number of rotatable bonds is 8. The Bertz CT molecular complexity index is 416. The number of aliphatic carboxylic acids is 1. The van der Waals surface area contributed by atoms with Crippen LogP contribution in [0.25, 0.3) is 0 Å². The second kappa shape index (κ2) is 6.72. The van der Waals surface area contributed by atoms with Gasteiger partial charge in [-0.25, -0.2) is 0 Å². The number of carbonyl (C=O) groups is 1. The van der Waals surface area contributed by atoms with Crippen LogP contribution < -0.4 is 0 Å². The van der Waals surface area contributed by atoms with Crippen LogP contribution >= 0.6 is 0 Å². The highest BCUT2D eigenvalue weighted by molar-refractivity contribution is 5.69. The van der Waals surface area contributed by atoms with E-state index in [-0.39, 0.29) is 19.0 Å². The Hall–Kier alpha value is -1.93. The standard InChI is InChI=1S/C10H14N2O6/c1-17-5-4-11(7-10(13)14)6-8-2-3-9(18-8)12(15)16/h2-3H,4-7H2,1H3,(H,13,14). The topological polar surface area (TPSA) is 106 Å². The van der Waals surface area contributed by atoms with Crippen LogP contribution in [0.3, 0.4) is 0 Å². The van der Waals surface area contributed by atoms with Crippen molar-refractivity contribution in [1.29, 1.82) is 0 Å². The maximum atomic E-state index is 10.7. The molecule has 0 aliphatic heterocycles. The van der Waals surface area contributed by atoms with Crippen molar-refractivity contribution in [3.05, 3.63) is 28.0 Å². The quantitative estimate of drug-likeness (QED) is 0.540. The highest BCUT2D eigenvalue weighted by Crippen LogP contribution is 2.16. The van der Waals surface area contributed by atoms with E-state index in [9.17, 15) is 14.9 Å². The van der Waals surface area contributed by atoms with E-state index in [0.29, 0.717) is 18.9 Å². The highest BCUT2D eigenvalue weighted by Gasteiger charge is 2.16. The van der Waals surface area contributed by atoms with Crippen LogP contribution in [-0.2, 0) is 16.1 Å². The predicted octanol–water partition coefficient (Wildman–Crippen LogP) is 0.721. The normalized spacial score (nSPS) is 10.8. The van der Waals surface area contributed by atoms with E-state index < -0.39 is 10.9 Å². The molecule has 0 bridgehead atoms. The van der Waals surface area contributed by atoms with Crippen LogP contribution in [0.2, 0.25) is 0 Å². The number of ether oxygens (including phenoxy) is 1. The molecule has 0 saturated heterocycles. The molecule has 1 aromatic heterocycles. The number of nitrogens with zero attached hydrogens (tertiary/aromatic N) is 2. The van der Waals surface area contributed by atoms with Crippen LogP contribution in [0.5, 0.6) is 0 Å². The largest absolute Gasteiger partial charge is 0.480 e. The van der Waals surface area contributed by atoms with Gasteiger partial charge in [0, 0.05) is 13.7 Å². The summed E-state index contributed by atoms with van der Waals surface area (Å²) in [6, 6.07) is 2.70. The highest BCUT2D eigenvalue weighted by atomic mass is 16.6. The van der Waals surface area contributed by atoms with Gasteiger partial charge in [0.1, 0.15) is 10.7 Å². The molecule has 0 aromatic carbocycles. The summed E-state index contributed by atoms with van der Waals surface area (Å²) >= 11 is 0. The molecule has 0 atom stereocenters. The first-order chi connectivity index (χ1) is 8.52. The van der Waals surface area contributed by atoms with Crippen molar-refractivity contribution >= 4 is 11.9 Å².